The average molecular weight is 311 g/mol. The van der Waals surface area contributed by atoms with Crippen LogP contribution in [0.5, 0.6) is 0 Å². The van der Waals surface area contributed by atoms with E-state index in [0.717, 1.165) is 5.75 Å². The Balaban J connectivity index is 1.87. The third-order valence-electron chi connectivity index (χ3n) is 3.60. The first-order chi connectivity index (χ1) is 10.1. The predicted octanol–water partition coefficient (Wildman–Crippen LogP) is -0.429. The van der Waals surface area contributed by atoms with Crippen molar-refractivity contribution in [1.82, 2.24) is 14.5 Å². The Hall–Kier alpha value is -1.38. The van der Waals surface area contributed by atoms with Crippen LogP contribution in [0.3, 0.4) is 0 Å². The maximum absolute atomic E-state index is 12.6. The normalized spacial score (nSPS) is 25.0. The van der Waals surface area contributed by atoms with Gasteiger partial charge in [0.25, 0.3) is 11.5 Å². The van der Waals surface area contributed by atoms with E-state index in [1.165, 1.54) is 18.0 Å². The molecule has 0 spiro atoms. The minimum absolute atomic E-state index is 0.0899. The number of aliphatic hydroxyl groups is 1. The molecule has 0 saturated carbocycles. The van der Waals surface area contributed by atoms with Gasteiger partial charge in [0.1, 0.15) is 5.56 Å². The van der Waals surface area contributed by atoms with Crippen LogP contribution in [0.1, 0.15) is 17.3 Å². The van der Waals surface area contributed by atoms with E-state index in [1.807, 2.05) is 6.92 Å². The summed E-state index contributed by atoms with van der Waals surface area (Å²) in [5.74, 6) is 0.467. The molecule has 1 aromatic rings. The Morgan fingerprint density at radius 1 is 1.57 bits per heavy atom. The van der Waals surface area contributed by atoms with Gasteiger partial charge in [-0.3, -0.25) is 14.2 Å². The van der Waals surface area contributed by atoms with Crippen LogP contribution < -0.4 is 5.56 Å². The molecule has 3 heterocycles. The zero-order valence-electron chi connectivity index (χ0n) is 11.7. The number of aliphatic hydroxyl groups excluding tert-OH is 1. The molecule has 7 nitrogen and oxygen atoms in total. The molecule has 0 radical (unpaired) electrons. The van der Waals surface area contributed by atoms with E-state index in [1.54, 1.807) is 9.47 Å². The molecule has 2 aliphatic rings. The fraction of sp³-hybridized carbons (Fsp3) is 0.615. The first-order valence-electron chi connectivity index (χ1n) is 6.88. The number of thioether (sulfide) groups is 1. The van der Waals surface area contributed by atoms with E-state index in [2.05, 4.69) is 4.98 Å². The maximum Gasteiger partial charge on any atom is 0.267 e. The van der Waals surface area contributed by atoms with Crippen molar-refractivity contribution >= 4 is 17.7 Å². The van der Waals surface area contributed by atoms with Gasteiger partial charge in [0, 0.05) is 31.6 Å². The summed E-state index contributed by atoms with van der Waals surface area (Å²) >= 11 is 1.52. The fourth-order valence-electron chi connectivity index (χ4n) is 2.65. The summed E-state index contributed by atoms with van der Waals surface area (Å²) in [6.45, 7) is 2.98. The van der Waals surface area contributed by atoms with E-state index in [-0.39, 0.29) is 36.3 Å². The lowest BCUT2D eigenvalue weighted by Crippen LogP contribution is -2.51. The third kappa shape index (κ3) is 2.70. The number of carbonyl (C=O) groups is 1. The lowest BCUT2D eigenvalue weighted by molar-refractivity contribution is -0.0859. The zero-order chi connectivity index (χ0) is 15.0. The van der Waals surface area contributed by atoms with Crippen molar-refractivity contribution in [3.8, 4) is 0 Å². The molecule has 0 bridgehead atoms. The summed E-state index contributed by atoms with van der Waals surface area (Å²) in [6, 6.07) is 0. The highest BCUT2D eigenvalue weighted by Gasteiger charge is 2.30. The van der Waals surface area contributed by atoms with E-state index in [4.69, 9.17) is 4.74 Å². The van der Waals surface area contributed by atoms with Gasteiger partial charge in [-0.25, -0.2) is 4.98 Å². The molecule has 21 heavy (non-hydrogen) atoms. The van der Waals surface area contributed by atoms with Crippen LogP contribution in [0.2, 0.25) is 0 Å². The van der Waals surface area contributed by atoms with Gasteiger partial charge in [0.05, 0.1) is 18.8 Å². The molecule has 1 saturated heterocycles. The second kappa shape index (κ2) is 5.78. The Kier molecular flexibility index (Phi) is 4.01. The number of hydrogen-bond acceptors (Lipinski definition) is 6. The molecule has 114 valence electrons. The lowest BCUT2D eigenvalue weighted by atomic mass is 10.2. The molecule has 2 aliphatic heterocycles. The molecule has 1 amide bonds. The summed E-state index contributed by atoms with van der Waals surface area (Å²) in [5.41, 5.74) is -0.193. The number of ether oxygens (including phenoxy) is 1. The molecular weight excluding hydrogens is 294 g/mol. The maximum atomic E-state index is 12.6. The van der Waals surface area contributed by atoms with Crippen LogP contribution in [-0.2, 0) is 11.3 Å². The largest absolute Gasteiger partial charge is 0.394 e. The van der Waals surface area contributed by atoms with Gasteiger partial charge in [-0.15, -0.1) is 0 Å². The van der Waals surface area contributed by atoms with E-state index < -0.39 is 6.10 Å². The first kappa shape index (κ1) is 14.6. The zero-order valence-corrected chi connectivity index (χ0v) is 12.5. The van der Waals surface area contributed by atoms with Crippen molar-refractivity contribution in [2.75, 3.05) is 25.4 Å². The molecule has 2 atom stereocenters. The SMILES string of the molecule is CC1CN(C(=O)c2cnc3n(c2=O)CCS3)CC(CO)O1. The Morgan fingerprint density at radius 3 is 3.14 bits per heavy atom. The van der Waals surface area contributed by atoms with Crippen LogP contribution in [0.4, 0.5) is 0 Å². The van der Waals surface area contributed by atoms with Gasteiger partial charge in [0.15, 0.2) is 5.16 Å². The van der Waals surface area contributed by atoms with Crippen molar-refractivity contribution < 1.29 is 14.6 Å². The van der Waals surface area contributed by atoms with Crippen LogP contribution in [0.15, 0.2) is 16.1 Å². The van der Waals surface area contributed by atoms with Gasteiger partial charge in [0.2, 0.25) is 0 Å². The number of nitrogens with zero attached hydrogens (tertiary/aromatic N) is 3. The molecule has 3 rings (SSSR count). The third-order valence-corrected chi connectivity index (χ3v) is 4.57. The van der Waals surface area contributed by atoms with Gasteiger partial charge in [-0.2, -0.15) is 0 Å². The smallest absolute Gasteiger partial charge is 0.267 e. The highest BCUT2D eigenvalue weighted by Crippen LogP contribution is 2.21. The van der Waals surface area contributed by atoms with E-state index in [9.17, 15) is 14.7 Å². The summed E-state index contributed by atoms with van der Waals surface area (Å²) in [5, 5.41) is 9.88. The second-order valence-electron chi connectivity index (χ2n) is 5.22. The highest BCUT2D eigenvalue weighted by molar-refractivity contribution is 7.99. The minimum atomic E-state index is -0.404. The number of amides is 1. The number of hydrogen-bond donors (Lipinski definition) is 1. The molecular formula is C13H17N3O4S. The topological polar surface area (TPSA) is 84.7 Å². The summed E-state index contributed by atoms with van der Waals surface area (Å²) in [7, 11) is 0. The van der Waals surface area contributed by atoms with Crippen molar-refractivity contribution in [3.63, 3.8) is 0 Å². The standard InChI is InChI=1S/C13H17N3O4S/c1-8-5-15(6-9(7-17)20-8)11(18)10-4-14-13-16(12(10)19)2-3-21-13/h4,8-9,17H,2-3,5-7H2,1H3. The Labute approximate surface area is 125 Å². The van der Waals surface area contributed by atoms with Gasteiger partial charge < -0.3 is 14.7 Å². The van der Waals surface area contributed by atoms with Gasteiger partial charge >= 0.3 is 0 Å². The number of carbonyl (C=O) groups excluding carboxylic acids is 1. The molecule has 0 aromatic carbocycles. The number of aromatic nitrogens is 2. The number of rotatable bonds is 2. The van der Waals surface area contributed by atoms with E-state index >= 15 is 0 Å². The number of morpholine rings is 1. The predicted molar refractivity (Wildman–Crippen MR) is 76.5 cm³/mol. The molecule has 1 N–H and O–H groups in total. The molecule has 8 heteroatoms. The molecule has 2 unspecified atom stereocenters. The van der Waals surface area contributed by atoms with Crippen LogP contribution in [0.25, 0.3) is 0 Å². The van der Waals surface area contributed by atoms with Crippen molar-refractivity contribution in [3.05, 3.63) is 22.1 Å². The van der Waals surface area contributed by atoms with Crippen molar-refractivity contribution in [2.24, 2.45) is 0 Å². The van der Waals surface area contributed by atoms with Gasteiger partial charge in [-0.1, -0.05) is 11.8 Å². The molecule has 1 aromatic heterocycles. The average Bonchev–Trinajstić information content (AvgIpc) is 2.95. The van der Waals surface area contributed by atoms with Crippen LogP contribution in [0, 0.1) is 0 Å². The van der Waals surface area contributed by atoms with Crippen molar-refractivity contribution in [2.45, 2.75) is 30.8 Å². The quantitative estimate of drug-likeness (QED) is 0.746. The van der Waals surface area contributed by atoms with Crippen LogP contribution >= 0.6 is 11.8 Å². The summed E-state index contributed by atoms with van der Waals surface area (Å²) < 4.78 is 7.06. The van der Waals surface area contributed by atoms with E-state index in [0.29, 0.717) is 18.2 Å². The second-order valence-corrected chi connectivity index (χ2v) is 6.28. The summed E-state index contributed by atoms with van der Waals surface area (Å²) in [4.78, 5) is 30.7. The number of fused-ring (bicyclic) bond motifs is 1. The van der Waals surface area contributed by atoms with Crippen molar-refractivity contribution in [1.29, 1.82) is 0 Å². The van der Waals surface area contributed by atoms with Gasteiger partial charge in [-0.05, 0) is 6.92 Å². The molecule has 1 fully saturated rings. The Morgan fingerprint density at radius 2 is 2.38 bits per heavy atom. The summed E-state index contributed by atoms with van der Waals surface area (Å²) in [6.07, 6.45) is 0.794. The fourth-order valence-corrected chi connectivity index (χ4v) is 3.56. The molecule has 0 aliphatic carbocycles. The van der Waals surface area contributed by atoms with Crippen LogP contribution in [-0.4, -0.2) is 63.1 Å². The minimum Gasteiger partial charge on any atom is -0.394 e. The first-order valence-corrected chi connectivity index (χ1v) is 7.87. The monoisotopic (exact) mass is 311 g/mol. The Bertz CT molecular complexity index is 618. The lowest BCUT2D eigenvalue weighted by Gasteiger charge is -2.35. The highest BCUT2D eigenvalue weighted by atomic mass is 32.2.